The van der Waals surface area contributed by atoms with E-state index in [1.54, 1.807) is 0 Å². The Kier molecular flexibility index (Phi) is 4.31. The predicted molar refractivity (Wildman–Crippen MR) is 59.4 cm³/mol. The van der Waals surface area contributed by atoms with E-state index >= 15 is 0 Å². The Morgan fingerprint density at radius 1 is 1.23 bits per heavy atom. The summed E-state index contributed by atoms with van der Waals surface area (Å²) in [7, 11) is 0. The molecule has 13 heavy (non-hydrogen) atoms. The molecule has 0 saturated heterocycles. The van der Waals surface area contributed by atoms with Gasteiger partial charge in [-0.2, -0.15) is 0 Å². The fourth-order valence-electron chi connectivity index (χ4n) is 1.73. The first-order valence-electron chi connectivity index (χ1n) is 5.04. The Bertz CT molecular complexity index is 255. The highest BCUT2D eigenvalue weighted by molar-refractivity contribution is 6.31. The van der Waals surface area contributed by atoms with Crippen molar-refractivity contribution in [1.29, 1.82) is 0 Å². The molecular formula is C12H17Cl. The van der Waals surface area contributed by atoms with Gasteiger partial charge >= 0.3 is 0 Å². The molecule has 0 amide bonds. The Hall–Kier alpha value is -0.490. The summed E-state index contributed by atoms with van der Waals surface area (Å²) in [5.74, 6) is 0.638. The van der Waals surface area contributed by atoms with E-state index in [-0.39, 0.29) is 0 Å². The van der Waals surface area contributed by atoms with Crippen molar-refractivity contribution in [2.24, 2.45) is 0 Å². The van der Waals surface area contributed by atoms with Crippen LogP contribution < -0.4 is 0 Å². The zero-order chi connectivity index (χ0) is 9.68. The molecular weight excluding hydrogens is 180 g/mol. The lowest BCUT2D eigenvalue weighted by Crippen LogP contribution is -1.97. The second kappa shape index (κ2) is 5.29. The van der Waals surface area contributed by atoms with Crippen molar-refractivity contribution >= 4 is 11.6 Å². The molecule has 0 aliphatic rings. The highest BCUT2D eigenvalue weighted by Crippen LogP contribution is 2.30. The molecule has 1 atom stereocenters. The normalized spacial score (nSPS) is 12.8. The van der Waals surface area contributed by atoms with Crippen LogP contribution in [0.25, 0.3) is 0 Å². The largest absolute Gasteiger partial charge is 0.0840 e. The molecule has 1 heteroatoms. The molecule has 0 bridgehead atoms. The van der Waals surface area contributed by atoms with Gasteiger partial charge in [-0.1, -0.05) is 50.1 Å². The van der Waals surface area contributed by atoms with E-state index in [1.807, 2.05) is 12.1 Å². The number of benzene rings is 1. The van der Waals surface area contributed by atoms with Crippen molar-refractivity contribution in [2.75, 3.05) is 0 Å². The van der Waals surface area contributed by atoms with Crippen molar-refractivity contribution in [3.05, 3.63) is 34.9 Å². The van der Waals surface area contributed by atoms with Crippen LogP contribution in [0.15, 0.2) is 24.3 Å². The minimum absolute atomic E-state index is 0.638. The molecule has 0 radical (unpaired) electrons. The van der Waals surface area contributed by atoms with E-state index in [0.29, 0.717) is 5.92 Å². The van der Waals surface area contributed by atoms with Crippen LogP contribution in [0, 0.1) is 0 Å². The van der Waals surface area contributed by atoms with Crippen LogP contribution in [0.4, 0.5) is 0 Å². The summed E-state index contributed by atoms with van der Waals surface area (Å²) < 4.78 is 0. The molecule has 0 spiro atoms. The summed E-state index contributed by atoms with van der Waals surface area (Å²) in [4.78, 5) is 0. The molecule has 1 unspecified atom stereocenters. The van der Waals surface area contributed by atoms with Gasteiger partial charge in [0, 0.05) is 5.02 Å². The monoisotopic (exact) mass is 196 g/mol. The maximum absolute atomic E-state index is 6.13. The number of rotatable bonds is 4. The molecule has 1 aromatic rings. The van der Waals surface area contributed by atoms with Gasteiger partial charge in [-0.25, -0.2) is 0 Å². The Labute approximate surface area is 85.9 Å². The third-order valence-electron chi connectivity index (χ3n) is 2.47. The molecule has 0 N–H and O–H groups in total. The van der Waals surface area contributed by atoms with Crippen LogP contribution in [0.3, 0.4) is 0 Å². The second-order valence-corrected chi connectivity index (χ2v) is 3.82. The van der Waals surface area contributed by atoms with Gasteiger partial charge in [-0.05, 0) is 30.4 Å². The fourth-order valence-corrected chi connectivity index (χ4v) is 2.02. The first-order chi connectivity index (χ1) is 6.29. The Morgan fingerprint density at radius 3 is 2.46 bits per heavy atom. The van der Waals surface area contributed by atoms with Gasteiger partial charge in [-0.15, -0.1) is 0 Å². The molecule has 1 aromatic carbocycles. The lowest BCUT2D eigenvalue weighted by atomic mass is 9.92. The van der Waals surface area contributed by atoms with Gasteiger partial charge in [0.25, 0.3) is 0 Å². The van der Waals surface area contributed by atoms with Crippen LogP contribution in [-0.2, 0) is 0 Å². The third-order valence-corrected chi connectivity index (χ3v) is 2.82. The maximum Gasteiger partial charge on any atom is 0.0440 e. The van der Waals surface area contributed by atoms with Gasteiger partial charge in [0.05, 0.1) is 0 Å². The third kappa shape index (κ3) is 2.73. The van der Waals surface area contributed by atoms with Crippen molar-refractivity contribution in [2.45, 2.75) is 39.0 Å². The minimum atomic E-state index is 0.638. The van der Waals surface area contributed by atoms with E-state index < -0.39 is 0 Å². The summed E-state index contributed by atoms with van der Waals surface area (Å²) >= 11 is 6.13. The molecule has 0 saturated carbocycles. The molecule has 0 aliphatic heterocycles. The fraction of sp³-hybridized carbons (Fsp3) is 0.500. The Balaban J connectivity index is 2.84. The van der Waals surface area contributed by atoms with Crippen LogP contribution in [-0.4, -0.2) is 0 Å². The standard InChI is InChI=1S/C12H17Cl/c1-3-7-10(4-2)11-8-5-6-9-12(11)13/h5-6,8-10H,3-4,7H2,1-2H3. The molecule has 0 aliphatic carbocycles. The van der Waals surface area contributed by atoms with Gasteiger partial charge in [0.2, 0.25) is 0 Å². The van der Waals surface area contributed by atoms with Crippen LogP contribution in [0.2, 0.25) is 5.02 Å². The lowest BCUT2D eigenvalue weighted by Gasteiger charge is -2.15. The number of hydrogen-bond acceptors (Lipinski definition) is 0. The summed E-state index contributed by atoms with van der Waals surface area (Å²) in [6.45, 7) is 4.45. The van der Waals surface area contributed by atoms with Gasteiger partial charge in [-0.3, -0.25) is 0 Å². The first kappa shape index (κ1) is 10.6. The van der Waals surface area contributed by atoms with Crippen molar-refractivity contribution in [3.8, 4) is 0 Å². The summed E-state index contributed by atoms with van der Waals surface area (Å²) in [6, 6.07) is 8.19. The van der Waals surface area contributed by atoms with E-state index in [1.165, 1.54) is 24.8 Å². The quantitative estimate of drug-likeness (QED) is 0.659. The second-order valence-electron chi connectivity index (χ2n) is 3.42. The molecule has 0 heterocycles. The zero-order valence-corrected chi connectivity index (χ0v) is 9.14. The smallest absolute Gasteiger partial charge is 0.0440 e. The van der Waals surface area contributed by atoms with Crippen LogP contribution in [0.5, 0.6) is 0 Å². The zero-order valence-electron chi connectivity index (χ0n) is 8.39. The average molecular weight is 197 g/mol. The van der Waals surface area contributed by atoms with Crippen molar-refractivity contribution in [1.82, 2.24) is 0 Å². The van der Waals surface area contributed by atoms with Gasteiger partial charge in [0.1, 0.15) is 0 Å². The van der Waals surface area contributed by atoms with Crippen molar-refractivity contribution < 1.29 is 0 Å². The average Bonchev–Trinajstić information content (AvgIpc) is 2.16. The molecule has 0 nitrogen and oxygen atoms in total. The highest BCUT2D eigenvalue weighted by Gasteiger charge is 2.10. The van der Waals surface area contributed by atoms with E-state index in [0.717, 1.165) is 5.02 Å². The summed E-state index contributed by atoms with van der Waals surface area (Å²) in [5.41, 5.74) is 1.31. The van der Waals surface area contributed by atoms with Gasteiger partial charge < -0.3 is 0 Å². The SMILES string of the molecule is CCCC(CC)c1ccccc1Cl. The van der Waals surface area contributed by atoms with E-state index in [4.69, 9.17) is 11.6 Å². The molecule has 0 fully saturated rings. The molecule has 1 rings (SSSR count). The molecule has 72 valence electrons. The van der Waals surface area contributed by atoms with E-state index in [9.17, 15) is 0 Å². The first-order valence-corrected chi connectivity index (χ1v) is 5.41. The topological polar surface area (TPSA) is 0 Å². The van der Waals surface area contributed by atoms with Gasteiger partial charge in [0.15, 0.2) is 0 Å². The maximum atomic E-state index is 6.13. The highest BCUT2D eigenvalue weighted by atomic mass is 35.5. The van der Waals surface area contributed by atoms with Crippen LogP contribution >= 0.6 is 11.6 Å². The summed E-state index contributed by atoms with van der Waals surface area (Å²) in [6.07, 6.45) is 3.64. The minimum Gasteiger partial charge on any atom is -0.0840 e. The Morgan fingerprint density at radius 2 is 1.92 bits per heavy atom. The van der Waals surface area contributed by atoms with Crippen molar-refractivity contribution in [3.63, 3.8) is 0 Å². The number of hydrogen-bond donors (Lipinski definition) is 0. The lowest BCUT2D eigenvalue weighted by molar-refractivity contribution is 0.596. The molecule has 0 aromatic heterocycles. The van der Waals surface area contributed by atoms with E-state index in [2.05, 4.69) is 26.0 Å². The predicted octanol–water partition coefficient (Wildman–Crippen LogP) is 4.63. The number of halogens is 1. The summed E-state index contributed by atoms with van der Waals surface area (Å²) in [5, 5.41) is 0.919. The van der Waals surface area contributed by atoms with Crippen LogP contribution in [0.1, 0.15) is 44.6 Å².